The highest BCUT2D eigenvalue weighted by Crippen LogP contribution is 2.23. The van der Waals surface area contributed by atoms with Crippen LogP contribution in [0.3, 0.4) is 0 Å². The van der Waals surface area contributed by atoms with Crippen molar-refractivity contribution >= 4 is 16.7 Å². The number of benzene rings is 3. The Labute approximate surface area is 163 Å². The number of fused-ring (bicyclic) bond motifs is 1. The molecular formula is C22H21N3O3. The monoisotopic (exact) mass is 375 g/mol. The first-order chi connectivity index (χ1) is 13.7. The fraction of sp³-hybridized carbons (Fsp3) is 0.136. The summed E-state index contributed by atoms with van der Waals surface area (Å²) in [5, 5.41) is 10.9. The zero-order valence-corrected chi connectivity index (χ0v) is 15.8. The van der Waals surface area contributed by atoms with Crippen molar-refractivity contribution in [3.05, 3.63) is 94.3 Å². The largest absolute Gasteiger partial charge is 0.457 e. The van der Waals surface area contributed by atoms with Gasteiger partial charge >= 0.3 is 0 Å². The van der Waals surface area contributed by atoms with Crippen molar-refractivity contribution in [2.75, 3.05) is 0 Å². The topological polar surface area (TPSA) is 81.1 Å². The predicted octanol–water partition coefficient (Wildman–Crippen LogP) is 5.88. The lowest BCUT2D eigenvalue weighted by Gasteiger charge is -2.06. The Morgan fingerprint density at radius 3 is 2.32 bits per heavy atom. The average Bonchev–Trinajstić information content (AvgIpc) is 3.13. The Morgan fingerprint density at radius 1 is 0.964 bits per heavy atom. The van der Waals surface area contributed by atoms with Crippen LogP contribution in [0.2, 0.25) is 0 Å². The predicted molar refractivity (Wildman–Crippen MR) is 110 cm³/mol. The van der Waals surface area contributed by atoms with Crippen molar-refractivity contribution in [3.63, 3.8) is 0 Å². The molecule has 0 amide bonds. The molecule has 6 nitrogen and oxygen atoms in total. The minimum absolute atomic E-state index is 0.0510. The standard InChI is InChI=1S/C20H15N3O3.C2H6/c24-23(25)15-8-11-18-19(13-15)22-20(21-18)12-14-6-9-17(10-7-14)26-16-4-2-1-3-5-16;1-2/h1-11,13H,12H2,(H,21,22);1-2H3. The Hall–Kier alpha value is -3.67. The second-order valence-corrected chi connectivity index (χ2v) is 5.88. The Bertz CT molecular complexity index is 1060. The number of aromatic amines is 1. The number of aromatic nitrogens is 2. The lowest BCUT2D eigenvalue weighted by Crippen LogP contribution is -1.91. The Balaban J connectivity index is 0.00000109. The first-order valence-corrected chi connectivity index (χ1v) is 9.12. The number of imidazole rings is 1. The van der Waals surface area contributed by atoms with Gasteiger partial charge in [0.15, 0.2) is 0 Å². The van der Waals surface area contributed by atoms with Crippen LogP contribution in [-0.4, -0.2) is 14.9 Å². The number of hydrogen-bond acceptors (Lipinski definition) is 4. The van der Waals surface area contributed by atoms with Gasteiger partial charge in [-0.15, -0.1) is 0 Å². The summed E-state index contributed by atoms with van der Waals surface area (Å²) >= 11 is 0. The number of nitro benzene ring substituents is 1. The van der Waals surface area contributed by atoms with E-state index >= 15 is 0 Å². The van der Waals surface area contributed by atoms with Crippen LogP contribution in [0, 0.1) is 10.1 Å². The van der Waals surface area contributed by atoms with Gasteiger partial charge in [0.05, 0.1) is 16.0 Å². The molecule has 0 bridgehead atoms. The molecule has 0 aliphatic carbocycles. The highest BCUT2D eigenvalue weighted by molar-refractivity contribution is 5.77. The van der Waals surface area contributed by atoms with Gasteiger partial charge in [-0.3, -0.25) is 10.1 Å². The first-order valence-electron chi connectivity index (χ1n) is 9.12. The molecule has 0 atom stereocenters. The summed E-state index contributed by atoms with van der Waals surface area (Å²) < 4.78 is 5.78. The maximum absolute atomic E-state index is 10.9. The van der Waals surface area contributed by atoms with Crippen LogP contribution >= 0.6 is 0 Å². The third kappa shape index (κ3) is 4.54. The molecule has 142 valence electrons. The number of non-ortho nitro benzene ring substituents is 1. The molecule has 0 aliphatic heterocycles. The van der Waals surface area contributed by atoms with Crippen molar-refractivity contribution in [3.8, 4) is 11.5 Å². The van der Waals surface area contributed by atoms with Gasteiger partial charge in [0, 0.05) is 18.6 Å². The van der Waals surface area contributed by atoms with E-state index in [0.29, 0.717) is 11.9 Å². The van der Waals surface area contributed by atoms with Crippen molar-refractivity contribution in [2.45, 2.75) is 20.3 Å². The second-order valence-electron chi connectivity index (χ2n) is 5.88. The Kier molecular flexibility index (Phi) is 6.01. The highest BCUT2D eigenvalue weighted by atomic mass is 16.6. The normalized spacial score (nSPS) is 10.2. The first kappa shape index (κ1) is 19.1. The van der Waals surface area contributed by atoms with Crippen molar-refractivity contribution < 1.29 is 9.66 Å². The molecule has 0 unspecified atom stereocenters. The van der Waals surface area contributed by atoms with E-state index in [1.54, 1.807) is 6.07 Å². The number of hydrogen-bond donors (Lipinski definition) is 1. The molecule has 4 rings (SSSR count). The summed E-state index contributed by atoms with van der Waals surface area (Å²) in [5.41, 5.74) is 2.50. The molecule has 4 aromatic rings. The van der Waals surface area contributed by atoms with Gasteiger partial charge in [-0.25, -0.2) is 4.98 Å². The number of nitrogens with zero attached hydrogens (tertiary/aromatic N) is 2. The third-order valence-corrected chi connectivity index (χ3v) is 4.00. The fourth-order valence-electron chi connectivity index (χ4n) is 2.74. The van der Waals surface area contributed by atoms with Crippen molar-refractivity contribution in [2.24, 2.45) is 0 Å². The summed E-state index contributed by atoms with van der Waals surface area (Å²) in [6.45, 7) is 4.00. The van der Waals surface area contributed by atoms with E-state index in [1.165, 1.54) is 12.1 Å². The SMILES string of the molecule is CC.O=[N+]([O-])c1ccc2nc(Cc3ccc(Oc4ccccc4)cc3)[nH]c2c1. The minimum atomic E-state index is -0.411. The van der Waals surface area contributed by atoms with E-state index in [2.05, 4.69) is 9.97 Å². The molecule has 0 radical (unpaired) electrons. The smallest absolute Gasteiger partial charge is 0.271 e. The summed E-state index contributed by atoms with van der Waals surface area (Å²) in [6, 6.07) is 22.0. The molecule has 3 aromatic carbocycles. The number of nitro groups is 1. The molecule has 6 heteroatoms. The van der Waals surface area contributed by atoms with E-state index in [0.717, 1.165) is 28.4 Å². The molecule has 1 aromatic heterocycles. The zero-order valence-electron chi connectivity index (χ0n) is 15.8. The maximum Gasteiger partial charge on any atom is 0.271 e. The van der Waals surface area contributed by atoms with Crippen LogP contribution in [0.5, 0.6) is 11.5 Å². The second kappa shape index (κ2) is 8.81. The summed E-state index contributed by atoms with van der Waals surface area (Å²) in [5.74, 6) is 2.32. The van der Waals surface area contributed by atoms with Gasteiger partial charge in [0.2, 0.25) is 0 Å². The van der Waals surface area contributed by atoms with Crippen LogP contribution in [0.4, 0.5) is 5.69 Å². The van der Waals surface area contributed by atoms with Gasteiger partial charge < -0.3 is 9.72 Å². The fourth-order valence-corrected chi connectivity index (χ4v) is 2.74. The number of rotatable bonds is 5. The minimum Gasteiger partial charge on any atom is -0.457 e. The summed E-state index contributed by atoms with van der Waals surface area (Å²) in [4.78, 5) is 18.1. The van der Waals surface area contributed by atoms with Gasteiger partial charge in [-0.1, -0.05) is 44.2 Å². The number of nitrogens with one attached hydrogen (secondary N) is 1. The molecule has 0 saturated heterocycles. The highest BCUT2D eigenvalue weighted by Gasteiger charge is 2.10. The maximum atomic E-state index is 10.9. The van der Waals surface area contributed by atoms with Gasteiger partial charge in [0.25, 0.3) is 5.69 Å². The van der Waals surface area contributed by atoms with Gasteiger partial charge in [0.1, 0.15) is 17.3 Å². The van der Waals surface area contributed by atoms with Crippen LogP contribution in [0.1, 0.15) is 25.2 Å². The molecular weight excluding hydrogens is 354 g/mol. The average molecular weight is 375 g/mol. The van der Waals surface area contributed by atoms with Gasteiger partial charge in [-0.05, 0) is 35.9 Å². The summed E-state index contributed by atoms with van der Waals surface area (Å²) in [6.07, 6.45) is 0.605. The van der Waals surface area contributed by atoms with Crippen LogP contribution in [-0.2, 0) is 6.42 Å². The lowest BCUT2D eigenvalue weighted by molar-refractivity contribution is -0.384. The zero-order chi connectivity index (χ0) is 19.9. The molecule has 0 fully saturated rings. The molecule has 1 N–H and O–H groups in total. The molecule has 0 aliphatic rings. The van der Waals surface area contributed by atoms with E-state index in [1.807, 2.05) is 68.4 Å². The van der Waals surface area contributed by atoms with Crippen molar-refractivity contribution in [1.29, 1.82) is 0 Å². The van der Waals surface area contributed by atoms with Crippen LogP contribution < -0.4 is 4.74 Å². The molecule has 1 heterocycles. The molecule has 0 spiro atoms. The van der Waals surface area contributed by atoms with Crippen molar-refractivity contribution in [1.82, 2.24) is 9.97 Å². The number of H-pyrrole nitrogens is 1. The quantitative estimate of drug-likeness (QED) is 0.349. The number of ether oxygens (including phenoxy) is 1. The van der Waals surface area contributed by atoms with E-state index in [4.69, 9.17) is 4.74 Å². The molecule has 28 heavy (non-hydrogen) atoms. The summed E-state index contributed by atoms with van der Waals surface area (Å²) in [7, 11) is 0. The number of para-hydroxylation sites is 1. The van der Waals surface area contributed by atoms with Crippen LogP contribution in [0.15, 0.2) is 72.8 Å². The van der Waals surface area contributed by atoms with E-state index in [-0.39, 0.29) is 5.69 Å². The third-order valence-electron chi connectivity index (χ3n) is 4.00. The Morgan fingerprint density at radius 2 is 1.64 bits per heavy atom. The van der Waals surface area contributed by atoms with E-state index < -0.39 is 4.92 Å². The van der Waals surface area contributed by atoms with E-state index in [9.17, 15) is 10.1 Å². The van der Waals surface area contributed by atoms with Crippen LogP contribution in [0.25, 0.3) is 11.0 Å². The molecule has 0 saturated carbocycles. The van der Waals surface area contributed by atoms with Gasteiger partial charge in [-0.2, -0.15) is 0 Å². The lowest BCUT2D eigenvalue weighted by atomic mass is 10.1.